The van der Waals surface area contributed by atoms with Gasteiger partial charge in [-0.1, -0.05) is 18.2 Å². The lowest BCUT2D eigenvalue weighted by Crippen LogP contribution is -2.32. The highest BCUT2D eigenvalue weighted by Gasteiger charge is 2.10. The van der Waals surface area contributed by atoms with Gasteiger partial charge in [0.2, 0.25) is 5.91 Å². The van der Waals surface area contributed by atoms with Gasteiger partial charge in [0.15, 0.2) is 0 Å². The lowest BCUT2D eigenvalue weighted by molar-refractivity contribution is -0.140. The molecule has 16 heavy (non-hydrogen) atoms. The molecule has 0 fully saturated rings. The van der Waals surface area contributed by atoms with E-state index in [0.717, 1.165) is 5.69 Å². The Bertz CT molecular complexity index is 362. The second kappa shape index (κ2) is 5.90. The Balaban J connectivity index is 2.62. The van der Waals surface area contributed by atoms with E-state index in [1.165, 1.54) is 13.8 Å². The van der Waals surface area contributed by atoms with E-state index in [1.807, 2.05) is 30.3 Å². The van der Waals surface area contributed by atoms with E-state index in [2.05, 4.69) is 0 Å². The van der Waals surface area contributed by atoms with Gasteiger partial charge in [0.1, 0.15) is 6.61 Å². The summed E-state index contributed by atoms with van der Waals surface area (Å²) in [7, 11) is 0. The third-order valence-corrected chi connectivity index (χ3v) is 2.07. The maximum absolute atomic E-state index is 11.4. The predicted octanol–water partition coefficient (Wildman–Crippen LogP) is 1.60. The van der Waals surface area contributed by atoms with Gasteiger partial charge in [0.25, 0.3) is 0 Å². The summed E-state index contributed by atoms with van der Waals surface area (Å²) >= 11 is 0. The quantitative estimate of drug-likeness (QED) is 0.725. The second-order valence-electron chi connectivity index (χ2n) is 3.35. The smallest absolute Gasteiger partial charge is 0.302 e. The molecule has 4 nitrogen and oxygen atoms in total. The maximum atomic E-state index is 11.4. The molecule has 0 unspecified atom stereocenters. The summed E-state index contributed by atoms with van der Waals surface area (Å²) in [5.41, 5.74) is 0.808. The van der Waals surface area contributed by atoms with Gasteiger partial charge in [-0.15, -0.1) is 0 Å². The third-order valence-electron chi connectivity index (χ3n) is 2.07. The molecule has 0 atom stereocenters. The molecule has 0 aliphatic rings. The van der Waals surface area contributed by atoms with Crippen LogP contribution in [0.2, 0.25) is 0 Å². The normalized spacial score (nSPS) is 9.62. The first-order valence-electron chi connectivity index (χ1n) is 5.08. The Morgan fingerprint density at radius 2 is 1.81 bits per heavy atom. The fourth-order valence-corrected chi connectivity index (χ4v) is 1.36. The van der Waals surface area contributed by atoms with Crippen molar-refractivity contribution in [1.82, 2.24) is 0 Å². The monoisotopic (exact) mass is 221 g/mol. The third kappa shape index (κ3) is 3.73. The Kier molecular flexibility index (Phi) is 4.51. The summed E-state index contributed by atoms with van der Waals surface area (Å²) in [5.74, 6) is -0.407. The number of carbonyl (C=O) groups excluding carboxylic acids is 2. The molecule has 0 saturated heterocycles. The zero-order chi connectivity index (χ0) is 12.0. The Hall–Kier alpha value is -1.84. The van der Waals surface area contributed by atoms with Gasteiger partial charge in [0.05, 0.1) is 6.54 Å². The molecule has 0 spiro atoms. The molecule has 1 aromatic carbocycles. The zero-order valence-electron chi connectivity index (χ0n) is 9.47. The molecule has 1 amide bonds. The van der Waals surface area contributed by atoms with Crippen LogP contribution in [0.4, 0.5) is 5.69 Å². The van der Waals surface area contributed by atoms with E-state index in [1.54, 1.807) is 4.90 Å². The number of rotatable bonds is 4. The minimum absolute atomic E-state index is 0.0710. The van der Waals surface area contributed by atoms with Crippen LogP contribution in [0.5, 0.6) is 0 Å². The number of benzene rings is 1. The lowest BCUT2D eigenvalue weighted by Gasteiger charge is -2.20. The van der Waals surface area contributed by atoms with Crippen LogP contribution in [-0.2, 0) is 14.3 Å². The number of amides is 1. The summed E-state index contributed by atoms with van der Waals surface area (Å²) in [6.07, 6.45) is 0. The standard InChI is InChI=1S/C12H15NO3/c1-10(14)13(8-9-16-11(2)15)12-6-4-3-5-7-12/h3-7H,8-9H2,1-2H3. The average molecular weight is 221 g/mol. The molecule has 0 radical (unpaired) electrons. The lowest BCUT2D eigenvalue weighted by atomic mass is 10.3. The molecule has 0 aliphatic carbocycles. The van der Waals surface area contributed by atoms with Crippen LogP contribution in [0.25, 0.3) is 0 Å². The summed E-state index contributed by atoms with van der Waals surface area (Å²) in [6.45, 7) is 3.42. The van der Waals surface area contributed by atoms with Crippen LogP contribution in [0, 0.1) is 0 Å². The molecular formula is C12H15NO3. The molecule has 0 saturated carbocycles. The molecule has 0 aromatic heterocycles. The average Bonchev–Trinajstić information content (AvgIpc) is 2.25. The van der Waals surface area contributed by atoms with Crippen LogP contribution in [0.15, 0.2) is 30.3 Å². The van der Waals surface area contributed by atoms with Crippen LogP contribution in [0.1, 0.15) is 13.8 Å². The van der Waals surface area contributed by atoms with E-state index in [0.29, 0.717) is 6.54 Å². The van der Waals surface area contributed by atoms with Gasteiger partial charge in [0, 0.05) is 19.5 Å². The highest BCUT2D eigenvalue weighted by atomic mass is 16.5. The van der Waals surface area contributed by atoms with Crippen LogP contribution in [-0.4, -0.2) is 25.0 Å². The van der Waals surface area contributed by atoms with Crippen LogP contribution in [0.3, 0.4) is 0 Å². The van der Waals surface area contributed by atoms with Crippen molar-refractivity contribution in [3.05, 3.63) is 30.3 Å². The molecule has 4 heteroatoms. The fraction of sp³-hybridized carbons (Fsp3) is 0.333. The van der Waals surface area contributed by atoms with Crippen molar-refractivity contribution < 1.29 is 14.3 Å². The van der Waals surface area contributed by atoms with E-state index in [-0.39, 0.29) is 18.5 Å². The second-order valence-corrected chi connectivity index (χ2v) is 3.35. The van der Waals surface area contributed by atoms with Crippen molar-refractivity contribution in [3.63, 3.8) is 0 Å². The van der Waals surface area contributed by atoms with Crippen molar-refractivity contribution in [3.8, 4) is 0 Å². The molecule has 1 aromatic rings. The number of para-hydroxylation sites is 1. The summed E-state index contributed by atoms with van der Waals surface area (Å²) in [5, 5.41) is 0. The van der Waals surface area contributed by atoms with E-state index < -0.39 is 0 Å². The van der Waals surface area contributed by atoms with Crippen molar-refractivity contribution in [1.29, 1.82) is 0 Å². The zero-order valence-corrected chi connectivity index (χ0v) is 9.47. The number of esters is 1. The van der Waals surface area contributed by atoms with Crippen molar-refractivity contribution in [2.24, 2.45) is 0 Å². The summed E-state index contributed by atoms with van der Waals surface area (Å²) < 4.78 is 4.81. The van der Waals surface area contributed by atoms with Gasteiger partial charge >= 0.3 is 5.97 Å². The molecular weight excluding hydrogens is 206 g/mol. The van der Waals surface area contributed by atoms with Crippen LogP contribution < -0.4 is 4.90 Å². The highest BCUT2D eigenvalue weighted by molar-refractivity contribution is 5.91. The first-order chi connectivity index (χ1) is 7.61. The van der Waals surface area contributed by atoms with Gasteiger partial charge in [-0.3, -0.25) is 9.59 Å². The molecule has 1 rings (SSSR count). The Morgan fingerprint density at radius 3 is 2.31 bits per heavy atom. The Morgan fingerprint density at radius 1 is 1.19 bits per heavy atom. The van der Waals surface area contributed by atoms with Crippen LogP contribution >= 0.6 is 0 Å². The predicted molar refractivity (Wildman–Crippen MR) is 61.1 cm³/mol. The summed E-state index contributed by atoms with van der Waals surface area (Å²) in [4.78, 5) is 23.6. The molecule has 0 N–H and O–H groups in total. The van der Waals surface area contributed by atoms with E-state index >= 15 is 0 Å². The number of hydrogen-bond acceptors (Lipinski definition) is 3. The largest absolute Gasteiger partial charge is 0.464 e. The first kappa shape index (κ1) is 12.2. The van der Waals surface area contributed by atoms with Gasteiger partial charge in [-0.25, -0.2) is 0 Å². The SMILES string of the molecule is CC(=O)OCCN(C(C)=O)c1ccccc1. The van der Waals surface area contributed by atoms with E-state index in [4.69, 9.17) is 4.74 Å². The molecule has 0 aliphatic heterocycles. The van der Waals surface area contributed by atoms with E-state index in [9.17, 15) is 9.59 Å². The number of anilines is 1. The topological polar surface area (TPSA) is 46.6 Å². The number of ether oxygens (including phenoxy) is 1. The van der Waals surface area contributed by atoms with Gasteiger partial charge in [-0.2, -0.15) is 0 Å². The van der Waals surface area contributed by atoms with Gasteiger partial charge in [-0.05, 0) is 12.1 Å². The maximum Gasteiger partial charge on any atom is 0.302 e. The highest BCUT2D eigenvalue weighted by Crippen LogP contribution is 2.12. The minimum atomic E-state index is -0.337. The summed E-state index contributed by atoms with van der Waals surface area (Å²) in [6, 6.07) is 9.28. The number of nitrogens with zero attached hydrogens (tertiary/aromatic N) is 1. The van der Waals surface area contributed by atoms with Crippen molar-refractivity contribution >= 4 is 17.6 Å². The molecule has 0 heterocycles. The van der Waals surface area contributed by atoms with Crippen molar-refractivity contribution in [2.75, 3.05) is 18.1 Å². The number of hydrogen-bond donors (Lipinski definition) is 0. The fourth-order valence-electron chi connectivity index (χ4n) is 1.36. The molecule has 86 valence electrons. The van der Waals surface area contributed by atoms with Gasteiger partial charge < -0.3 is 9.64 Å². The minimum Gasteiger partial charge on any atom is -0.464 e. The van der Waals surface area contributed by atoms with Crippen molar-refractivity contribution in [2.45, 2.75) is 13.8 Å². The first-order valence-corrected chi connectivity index (χ1v) is 5.08. The molecule has 0 bridgehead atoms. The Labute approximate surface area is 94.8 Å². The number of carbonyl (C=O) groups is 2.